The average Bonchev–Trinajstić information content (AvgIpc) is 2.90. The molecule has 0 bridgehead atoms. The second kappa shape index (κ2) is 7.92. The Kier molecular flexibility index (Phi) is 6.53. The first-order chi connectivity index (χ1) is 9.65. The average molecular weight is 360 g/mol. The predicted octanol–water partition coefficient (Wildman–Crippen LogP) is 5.27. The Morgan fingerprint density at radius 1 is 1.40 bits per heavy atom. The van der Waals surface area contributed by atoms with E-state index in [-0.39, 0.29) is 12.1 Å². The minimum Gasteiger partial charge on any atom is -0.368 e. The highest BCUT2D eigenvalue weighted by Crippen LogP contribution is 2.36. The second-order valence-corrected chi connectivity index (χ2v) is 7.65. The lowest BCUT2D eigenvalue weighted by atomic mass is 9.84. The van der Waals surface area contributed by atoms with E-state index in [2.05, 4.69) is 41.2 Å². The summed E-state index contributed by atoms with van der Waals surface area (Å²) in [6.45, 7) is 4.42. The van der Waals surface area contributed by atoms with Gasteiger partial charge in [-0.2, -0.15) is 0 Å². The highest BCUT2D eigenvalue weighted by atomic mass is 79.9. The third-order valence-corrected chi connectivity index (χ3v) is 6.17. The largest absolute Gasteiger partial charge is 0.368 e. The third kappa shape index (κ3) is 4.06. The molecule has 4 heteroatoms. The smallest absolute Gasteiger partial charge is 0.107 e. The van der Waals surface area contributed by atoms with E-state index < -0.39 is 0 Å². The lowest BCUT2D eigenvalue weighted by molar-refractivity contribution is -0.0710. The lowest BCUT2D eigenvalue weighted by Gasteiger charge is -2.35. The van der Waals surface area contributed by atoms with Crippen molar-refractivity contribution in [3.05, 3.63) is 20.8 Å². The molecule has 4 unspecified atom stereocenters. The summed E-state index contributed by atoms with van der Waals surface area (Å²) < 4.78 is 7.64. The number of halogens is 1. The van der Waals surface area contributed by atoms with Crippen LogP contribution in [0.4, 0.5) is 0 Å². The quantitative estimate of drug-likeness (QED) is 0.750. The van der Waals surface area contributed by atoms with Crippen LogP contribution < -0.4 is 5.73 Å². The molecule has 1 fully saturated rings. The van der Waals surface area contributed by atoms with E-state index in [1.807, 2.05) is 0 Å². The number of hydrogen-bond donors (Lipinski definition) is 1. The van der Waals surface area contributed by atoms with E-state index in [4.69, 9.17) is 10.5 Å². The van der Waals surface area contributed by atoms with Crippen LogP contribution in [-0.4, -0.2) is 12.1 Å². The molecule has 4 atom stereocenters. The van der Waals surface area contributed by atoms with Gasteiger partial charge >= 0.3 is 0 Å². The van der Waals surface area contributed by atoms with E-state index in [9.17, 15) is 0 Å². The molecule has 0 aromatic carbocycles. The Labute approximate surface area is 135 Å². The molecule has 0 spiro atoms. The summed E-state index contributed by atoms with van der Waals surface area (Å²) in [6, 6.07) is 2.24. The van der Waals surface area contributed by atoms with Crippen molar-refractivity contribution in [1.82, 2.24) is 0 Å². The Bertz CT molecular complexity index is 409. The van der Waals surface area contributed by atoms with Crippen molar-refractivity contribution in [3.8, 4) is 0 Å². The van der Waals surface area contributed by atoms with Crippen molar-refractivity contribution in [2.45, 2.75) is 70.6 Å². The molecule has 114 valence electrons. The lowest BCUT2D eigenvalue weighted by Crippen LogP contribution is -2.36. The van der Waals surface area contributed by atoms with Gasteiger partial charge in [-0.15, -0.1) is 11.3 Å². The van der Waals surface area contributed by atoms with Gasteiger partial charge in [0.25, 0.3) is 0 Å². The maximum Gasteiger partial charge on any atom is 0.107 e. The van der Waals surface area contributed by atoms with E-state index in [1.165, 1.54) is 37.0 Å². The van der Waals surface area contributed by atoms with Crippen LogP contribution in [0.25, 0.3) is 0 Å². The van der Waals surface area contributed by atoms with Crippen LogP contribution in [0.3, 0.4) is 0 Å². The number of nitrogens with two attached hydrogens (primary N) is 1. The van der Waals surface area contributed by atoms with Crippen molar-refractivity contribution in [2.24, 2.45) is 11.7 Å². The Morgan fingerprint density at radius 2 is 2.15 bits per heavy atom. The monoisotopic (exact) mass is 359 g/mol. The van der Waals surface area contributed by atoms with Crippen molar-refractivity contribution in [2.75, 3.05) is 0 Å². The van der Waals surface area contributed by atoms with Crippen LogP contribution in [0.15, 0.2) is 15.9 Å². The summed E-state index contributed by atoms with van der Waals surface area (Å²) >= 11 is 5.28. The first kappa shape index (κ1) is 16.5. The molecule has 0 amide bonds. The van der Waals surface area contributed by atoms with E-state index in [1.54, 1.807) is 11.3 Å². The molecule has 0 aliphatic heterocycles. The fourth-order valence-corrected chi connectivity index (χ4v) is 4.63. The summed E-state index contributed by atoms with van der Waals surface area (Å²) in [6.07, 6.45) is 7.75. The van der Waals surface area contributed by atoms with E-state index >= 15 is 0 Å². The third-order valence-electron chi connectivity index (χ3n) is 4.41. The molecule has 0 radical (unpaired) electrons. The van der Waals surface area contributed by atoms with Gasteiger partial charge in [0.2, 0.25) is 0 Å². The minimum atomic E-state index is 0.0495. The van der Waals surface area contributed by atoms with Gasteiger partial charge in [-0.25, -0.2) is 0 Å². The zero-order chi connectivity index (χ0) is 14.5. The first-order valence-corrected chi connectivity index (χ1v) is 9.47. The summed E-state index contributed by atoms with van der Waals surface area (Å²) in [5.41, 5.74) is 6.33. The first-order valence-electron chi connectivity index (χ1n) is 7.80. The van der Waals surface area contributed by atoms with Gasteiger partial charge < -0.3 is 10.5 Å². The molecule has 1 aliphatic carbocycles. The van der Waals surface area contributed by atoms with Crippen LogP contribution >= 0.6 is 27.3 Å². The van der Waals surface area contributed by atoms with Crippen LogP contribution in [-0.2, 0) is 4.74 Å². The molecule has 1 heterocycles. The number of rotatable bonds is 6. The van der Waals surface area contributed by atoms with Crippen molar-refractivity contribution in [3.63, 3.8) is 0 Å². The van der Waals surface area contributed by atoms with E-state index in [0.717, 1.165) is 10.9 Å². The minimum absolute atomic E-state index is 0.0495. The van der Waals surface area contributed by atoms with Crippen molar-refractivity contribution < 1.29 is 4.74 Å². The predicted molar refractivity (Wildman–Crippen MR) is 90.1 cm³/mol. The molecular weight excluding hydrogens is 334 g/mol. The Hall–Kier alpha value is 0.1000. The van der Waals surface area contributed by atoms with Gasteiger partial charge in [-0.05, 0) is 47.2 Å². The number of thiophene rings is 1. The summed E-state index contributed by atoms with van der Waals surface area (Å²) in [5, 5.41) is 2.12. The zero-order valence-electron chi connectivity index (χ0n) is 12.5. The van der Waals surface area contributed by atoms with Crippen molar-refractivity contribution in [1.29, 1.82) is 0 Å². The molecule has 2 rings (SSSR count). The maximum absolute atomic E-state index is 6.51. The zero-order valence-corrected chi connectivity index (χ0v) is 14.9. The Balaban J connectivity index is 2.11. The summed E-state index contributed by atoms with van der Waals surface area (Å²) in [4.78, 5) is 1.26. The van der Waals surface area contributed by atoms with Crippen molar-refractivity contribution >= 4 is 27.3 Å². The molecule has 20 heavy (non-hydrogen) atoms. The van der Waals surface area contributed by atoms with Crippen LogP contribution in [0.5, 0.6) is 0 Å². The maximum atomic E-state index is 6.51. The van der Waals surface area contributed by atoms with Crippen LogP contribution in [0, 0.1) is 5.92 Å². The fourth-order valence-electron chi connectivity index (χ4n) is 3.08. The van der Waals surface area contributed by atoms with E-state index in [0.29, 0.717) is 12.0 Å². The molecule has 2 N–H and O–H groups in total. The molecule has 1 aromatic rings. The standard InChI is InChI=1S/C16H26BrNOS/c1-3-11-7-5-6-8-14(11)19-16(13(18)4-2)15-9-12(17)10-20-15/h9-11,13-14,16H,3-8,18H2,1-2H3. The van der Waals surface area contributed by atoms with Gasteiger partial charge in [0.1, 0.15) is 6.10 Å². The molecule has 0 saturated heterocycles. The number of ether oxygens (including phenoxy) is 1. The topological polar surface area (TPSA) is 35.2 Å². The van der Waals surface area contributed by atoms with Gasteiger partial charge in [0, 0.05) is 20.8 Å². The molecule has 1 aliphatic rings. The number of hydrogen-bond acceptors (Lipinski definition) is 3. The highest BCUT2D eigenvalue weighted by molar-refractivity contribution is 9.10. The summed E-state index contributed by atoms with van der Waals surface area (Å²) in [5.74, 6) is 0.707. The van der Waals surface area contributed by atoms with Gasteiger partial charge in [-0.1, -0.05) is 33.1 Å². The molecule has 1 saturated carbocycles. The SMILES string of the molecule is CCC(N)C(OC1CCCCC1CC)c1cc(Br)cs1. The Morgan fingerprint density at radius 3 is 2.75 bits per heavy atom. The molecular formula is C16H26BrNOS. The van der Waals surface area contributed by atoms with Gasteiger partial charge in [0.05, 0.1) is 6.10 Å². The fraction of sp³-hybridized carbons (Fsp3) is 0.750. The second-order valence-electron chi connectivity index (χ2n) is 5.79. The highest BCUT2D eigenvalue weighted by Gasteiger charge is 2.30. The van der Waals surface area contributed by atoms with Crippen LogP contribution in [0.1, 0.15) is 63.4 Å². The molecule has 1 aromatic heterocycles. The van der Waals surface area contributed by atoms with Gasteiger partial charge in [-0.3, -0.25) is 0 Å². The van der Waals surface area contributed by atoms with Gasteiger partial charge in [0.15, 0.2) is 0 Å². The normalized spacial score (nSPS) is 26.4. The summed E-state index contributed by atoms with van der Waals surface area (Å²) in [7, 11) is 0. The van der Waals surface area contributed by atoms with Crippen LogP contribution in [0.2, 0.25) is 0 Å². The molecule has 2 nitrogen and oxygen atoms in total.